The number of amides is 2. The number of carbonyl (C=O) groups is 2. The second-order valence-electron chi connectivity index (χ2n) is 13.6. The summed E-state index contributed by atoms with van der Waals surface area (Å²) in [5.41, 5.74) is 0.556. The van der Waals surface area contributed by atoms with Crippen molar-refractivity contribution in [2.24, 2.45) is 23.2 Å². The molecule has 8 nitrogen and oxygen atoms in total. The fourth-order valence-electron chi connectivity index (χ4n) is 6.41. The van der Waals surface area contributed by atoms with E-state index in [-0.39, 0.29) is 34.6 Å². The zero-order valence-electron chi connectivity index (χ0n) is 24.8. The van der Waals surface area contributed by atoms with Gasteiger partial charge in [-0.3, -0.25) is 19.2 Å². The molecule has 216 valence electrons. The summed E-state index contributed by atoms with van der Waals surface area (Å²) < 4.78 is 2.99. The van der Waals surface area contributed by atoms with E-state index in [9.17, 15) is 9.59 Å². The predicted octanol–water partition coefficient (Wildman–Crippen LogP) is 6.15. The molecule has 0 aromatic carbocycles. The van der Waals surface area contributed by atoms with Crippen molar-refractivity contribution in [2.45, 2.75) is 84.2 Å². The van der Waals surface area contributed by atoms with Crippen LogP contribution in [0.5, 0.6) is 0 Å². The smallest absolute Gasteiger partial charge is 0.265 e. The SMILES string of the molecule is CC1CN(c2ccc3c(n2)N2C[C@@H](CCCNc4cccc(n4)SNC3=O)CC2(C)C)C(=O)C1CCC(C)(C)C. The summed E-state index contributed by atoms with van der Waals surface area (Å²) in [6.07, 6.45) is 5.04. The Balaban J connectivity index is 1.47. The van der Waals surface area contributed by atoms with E-state index in [1.807, 2.05) is 35.2 Å². The lowest BCUT2D eigenvalue weighted by Gasteiger charge is -2.34. The lowest BCUT2D eigenvalue weighted by Crippen LogP contribution is -2.40. The van der Waals surface area contributed by atoms with Gasteiger partial charge < -0.3 is 10.2 Å². The van der Waals surface area contributed by atoms with Crippen molar-refractivity contribution in [1.29, 1.82) is 0 Å². The topological polar surface area (TPSA) is 90.5 Å². The van der Waals surface area contributed by atoms with Crippen molar-refractivity contribution < 1.29 is 9.59 Å². The molecule has 40 heavy (non-hydrogen) atoms. The molecule has 0 aliphatic carbocycles. The number of rotatable bonds is 3. The molecule has 4 bridgehead atoms. The van der Waals surface area contributed by atoms with Gasteiger partial charge in [-0.1, -0.05) is 33.8 Å². The van der Waals surface area contributed by atoms with Crippen LogP contribution >= 0.6 is 11.9 Å². The summed E-state index contributed by atoms with van der Waals surface area (Å²) in [6, 6.07) is 9.49. The summed E-state index contributed by atoms with van der Waals surface area (Å²) in [7, 11) is 0. The van der Waals surface area contributed by atoms with E-state index in [2.05, 4.69) is 61.5 Å². The number of nitrogens with one attached hydrogen (secondary N) is 2. The van der Waals surface area contributed by atoms with Gasteiger partial charge in [0.05, 0.1) is 5.56 Å². The molecule has 3 atom stereocenters. The number of pyridine rings is 2. The average Bonchev–Trinajstić information content (AvgIpc) is 3.36. The fraction of sp³-hybridized carbons (Fsp3) is 0.613. The van der Waals surface area contributed by atoms with Gasteiger partial charge in [-0.2, -0.15) is 0 Å². The monoisotopic (exact) mass is 564 g/mol. The largest absolute Gasteiger partial charge is 0.370 e. The Morgan fingerprint density at radius 2 is 1.90 bits per heavy atom. The highest BCUT2D eigenvalue weighted by molar-refractivity contribution is 7.97. The molecule has 2 unspecified atom stereocenters. The van der Waals surface area contributed by atoms with Crippen molar-refractivity contribution in [3.8, 4) is 0 Å². The molecule has 3 aliphatic heterocycles. The van der Waals surface area contributed by atoms with Crippen molar-refractivity contribution >= 4 is 41.2 Å². The van der Waals surface area contributed by atoms with Crippen LogP contribution in [-0.4, -0.2) is 47.0 Å². The molecule has 9 heteroatoms. The van der Waals surface area contributed by atoms with Gasteiger partial charge in [0, 0.05) is 43.0 Å². The van der Waals surface area contributed by atoms with E-state index >= 15 is 0 Å². The van der Waals surface area contributed by atoms with E-state index in [0.717, 1.165) is 56.0 Å². The Kier molecular flexibility index (Phi) is 8.06. The van der Waals surface area contributed by atoms with Gasteiger partial charge in [-0.25, -0.2) is 9.97 Å². The minimum absolute atomic E-state index is 0.00260. The molecule has 0 spiro atoms. The summed E-state index contributed by atoms with van der Waals surface area (Å²) in [6.45, 7) is 15.7. The molecular weight excluding hydrogens is 520 g/mol. The Labute approximate surface area is 243 Å². The minimum Gasteiger partial charge on any atom is -0.370 e. The number of anilines is 3. The lowest BCUT2D eigenvalue weighted by atomic mass is 9.83. The third kappa shape index (κ3) is 6.24. The number of fused-ring (bicyclic) bond motifs is 6. The number of hydrogen-bond donors (Lipinski definition) is 2. The van der Waals surface area contributed by atoms with Crippen LogP contribution in [0.25, 0.3) is 0 Å². The first-order chi connectivity index (χ1) is 18.9. The van der Waals surface area contributed by atoms with Crippen LogP contribution in [0.4, 0.5) is 17.5 Å². The third-order valence-electron chi connectivity index (χ3n) is 8.61. The van der Waals surface area contributed by atoms with Crippen LogP contribution in [-0.2, 0) is 4.79 Å². The van der Waals surface area contributed by atoms with Gasteiger partial charge in [-0.15, -0.1) is 0 Å². The van der Waals surface area contributed by atoms with Crippen molar-refractivity contribution in [3.05, 3.63) is 35.9 Å². The molecule has 2 aromatic rings. The molecule has 0 saturated carbocycles. The predicted molar refractivity (Wildman–Crippen MR) is 163 cm³/mol. The molecular formula is C31H44N6O2S. The molecule has 2 saturated heterocycles. The van der Waals surface area contributed by atoms with Crippen LogP contribution in [0.1, 0.15) is 84.0 Å². The maximum atomic E-state index is 13.6. The zero-order valence-corrected chi connectivity index (χ0v) is 25.6. The first-order valence-corrected chi connectivity index (χ1v) is 15.5. The summed E-state index contributed by atoms with van der Waals surface area (Å²) in [5.74, 6) is 2.82. The molecule has 2 amide bonds. The minimum atomic E-state index is -0.211. The Morgan fingerprint density at radius 1 is 1.10 bits per heavy atom. The summed E-state index contributed by atoms with van der Waals surface area (Å²) >= 11 is 1.21. The van der Waals surface area contributed by atoms with E-state index in [4.69, 9.17) is 4.98 Å². The molecule has 3 aliphatic rings. The third-order valence-corrected chi connectivity index (χ3v) is 9.33. The number of carbonyl (C=O) groups excluding carboxylic acids is 2. The average molecular weight is 565 g/mol. The number of aromatic nitrogens is 2. The quantitative estimate of drug-likeness (QED) is 0.432. The second-order valence-corrected chi connectivity index (χ2v) is 14.5. The molecule has 5 rings (SSSR count). The van der Waals surface area contributed by atoms with Gasteiger partial charge in [0.1, 0.15) is 22.5 Å². The number of hydrogen-bond acceptors (Lipinski definition) is 7. The zero-order chi connectivity index (χ0) is 28.7. The van der Waals surface area contributed by atoms with Crippen molar-refractivity contribution in [3.63, 3.8) is 0 Å². The Morgan fingerprint density at radius 3 is 2.67 bits per heavy atom. The summed E-state index contributed by atoms with van der Waals surface area (Å²) in [4.78, 5) is 41.1. The molecule has 2 fully saturated rings. The lowest BCUT2D eigenvalue weighted by molar-refractivity contribution is -0.121. The highest BCUT2D eigenvalue weighted by Gasteiger charge is 2.42. The van der Waals surface area contributed by atoms with Gasteiger partial charge in [-0.05, 0) is 87.5 Å². The maximum Gasteiger partial charge on any atom is 0.265 e. The first kappa shape index (κ1) is 28.7. The van der Waals surface area contributed by atoms with E-state index in [0.29, 0.717) is 29.7 Å². The Bertz CT molecular complexity index is 1260. The second kappa shape index (κ2) is 11.2. The van der Waals surface area contributed by atoms with E-state index < -0.39 is 0 Å². The van der Waals surface area contributed by atoms with Gasteiger partial charge >= 0.3 is 0 Å². The van der Waals surface area contributed by atoms with E-state index in [1.54, 1.807) is 0 Å². The normalized spacial score (nSPS) is 25.1. The molecule has 5 heterocycles. The number of nitrogens with zero attached hydrogens (tertiary/aromatic N) is 4. The van der Waals surface area contributed by atoms with Gasteiger partial charge in [0.2, 0.25) is 5.91 Å². The van der Waals surface area contributed by atoms with Crippen LogP contribution in [0.3, 0.4) is 0 Å². The highest BCUT2D eigenvalue weighted by Crippen LogP contribution is 2.41. The van der Waals surface area contributed by atoms with Crippen molar-refractivity contribution in [2.75, 3.05) is 34.8 Å². The van der Waals surface area contributed by atoms with Crippen LogP contribution in [0.15, 0.2) is 35.4 Å². The first-order valence-electron chi connectivity index (χ1n) is 14.7. The van der Waals surface area contributed by atoms with E-state index in [1.165, 1.54) is 11.9 Å². The molecule has 2 aromatic heterocycles. The van der Waals surface area contributed by atoms with Crippen LogP contribution in [0, 0.1) is 23.2 Å². The van der Waals surface area contributed by atoms with Gasteiger partial charge in [0.25, 0.3) is 5.91 Å². The fourth-order valence-corrected chi connectivity index (χ4v) is 7.01. The van der Waals surface area contributed by atoms with Crippen LogP contribution < -0.4 is 19.8 Å². The molecule has 0 radical (unpaired) electrons. The van der Waals surface area contributed by atoms with Crippen molar-refractivity contribution in [1.82, 2.24) is 14.7 Å². The maximum absolute atomic E-state index is 13.6. The van der Waals surface area contributed by atoms with Crippen LogP contribution in [0.2, 0.25) is 0 Å². The standard InChI is InChI=1S/C31H44N6O2S/c1-20-18-36(29(39)22(20)14-15-30(2,3)4)25-13-12-23-27(34-25)37-19-21(17-31(37,5)6)9-8-16-32-24-10-7-11-26(33-24)40-35-28(23)38/h7,10-13,20-22H,8-9,14-19H2,1-6H3,(H,32,33)(H,35,38)/t20?,21-,22?/m0/s1. The Hall–Kier alpha value is -2.81. The highest BCUT2D eigenvalue weighted by atomic mass is 32.2. The summed E-state index contributed by atoms with van der Waals surface area (Å²) in [5, 5.41) is 4.15. The van der Waals surface area contributed by atoms with Gasteiger partial charge in [0.15, 0.2) is 0 Å². The molecule has 2 N–H and O–H groups in total.